The Morgan fingerprint density at radius 1 is 1.30 bits per heavy atom. The van der Waals surface area contributed by atoms with Crippen molar-refractivity contribution in [3.63, 3.8) is 0 Å². The predicted molar refractivity (Wildman–Crippen MR) is 74.1 cm³/mol. The van der Waals surface area contributed by atoms with Gasteiger partial charge in [0.25, 0.3) is 10.0 Å². The highest BCUT2D eigenvalue weighted by atomic mass is 35.5. The lowest BCUT2D eigenvalue weighted by Crippen LogP contribution is -2.14. The summed E-state index contributed by atoms with van der Waals surface area (Å²) in [6, 6.07) is 1.94. The summed E-state index contributed by atoms with van der Waals surface area (Å²) in [5.41, 5.74) is 0.970. The highest BCUT2D eigenvalue weighted by molar-refractivity contribution is 7.93. The molecule has 11 heteroatoms. The van der Waals surface area contributed by atoms with Gasteiger partial charge in [0.2, 0.25) is 5.13 Å². The van der Waals surface area contributed by atoms with Crippen LogP contribution in [0.1, 0.15) is 10.4 Å². The molecule has 0 saturated heterocycles. The molecule has 106 valence electrons. The molecule has 0 amide bonds. The standard InChI is InChI=1S/C9H5Cl2N3O4S2/c10-5-2-6(11)7(1-4(5)8(15)16)20(17,18)14-9-13-12-3-19-9/h1-3H,(H,13,14)(H,15,16). The van der Waals surface area contributed by atoms with Crippen LogP contribution in [0.25, 0.3) is 0 Å². The van der Waals surface area contributed by atoms with Gasteiger partial charge in [-0.15, -0.1) is 10.2 Å². The predicted octanol–water partition coefficient (Wildman–Crippen LogP) is 2.34. The van der Waals surface area contributed by atoms with Crippen LogP contribution < -0.4 is 4.72 Å². The molecule has 0 aliphatic carbocycles. The van der Waals surface area contributed by atoms with Crippen LogP contribution in [0.4, 0.5) is 5.13 Å². The zero-order valence-corrected chi connectivity index (χ0v) is 12.5. The van der Waals surface area contributed by atoms with E-state index in [1.165, 1.54) is 5.51 Å². The SMILES string of the molecule is O=C(O)c1cc(S(=O)(=O)Nc2nncs2)c(Cl)cc1Cl. The van der Waals surface area contributed by atoms with Crippen LogP contribution in [-0.4, -0.2) is 29.7 Å². The van der Waals surface area contributed by atoms with Gasteiger partial charge in [-0.05, 0) is 12.1 Å². The summed E-state index contributed by atoms with van der Waals surface area (Å²) in [4.78, 5) is 10.6. The molecule has 20 heavy (non-hydrogen) atoms. The van der Waals surface area contributed by atoms with Crippen LogP contribution in [0, 0.1) is 0 Å². The van der Waals surface area contributed by atoms with Crippen LogP contribution in [0.15, 0.2) is 22.5 Å². The Kier molecular flexibility index (Phi) is 4.14. The number of aromatic nitrogens is 2. The lowest BCUT2D eigenvalue weighted by molar-refractivity contribution is 0.0697. The van der Waals surface area contributed by atoms with Crippen molar-refractivity contribution in [3.8, 4) is 0 Å². The van der Waals surface area contributed by atoms with E-state index in [1.54, 1.807) is 0 Å². The summed E-state index contributed by atoms with van der Waals surface area (Å²) in [6.07, 6.45) is 0. The number of anilines is 1. The maximum Gasteiger partial charge on any atom is 0.337 e. The Balaban J connectivity index is 2.51. The second-order valence-corrected chi connectivity index (χ2v) is 6.72. The van der Waals surface area contributed by atoms with E-state index in [1.807, 2.05) is 0 Å². The van der Waals surface area contributed by atoms with Crippen LogP contribution in [0.2, 0.25) is 10.0 Å². The summed E-state index contributed by atoms with van der Waals surface area (Å²) >= 11 is 12.5. The molecule has 0 bridgehead atoms. The van der Waals surface area contributed by atoms with Gasteiger partial charge in [-0.3, -0.25) is 4.72 Å². The average Bonchev–Trinajstić information content (AvgIpc) is 2.79. The molecule has 1 heterocycles. The fraction of sp³-hybridized carbons (Fsp3) is 0. The molecule has 0 fully saturated rings. The Hall–Kier alpha value is -1.42. The van der Waals surface area contributed by atoms with E-state index in [9.17, 15) is 13.2 Å². The number of benzene rings is 1. The molecule has 1 aromatic carbocycles. The molecule has 0 saturated carbocycles. The number of aromatic carboxylic acids is 1. The zero-order chi connectivity index (χ0) is 14.9. The number of sulfonamides is 1. The summed E-state index contributed by atoms with van der Waals surface area (Å²) in [7, 11) is -4.08. The maximum absolute atomic E-state index is 12.1. The minimum atomic E-state index is -4.08. The molecule has 7 nitrogen and oxygen atoms in total. The number of carbonyl (C=O) groups is 1. The molecule has 0 aliphatic rings. The molecule has 0 spiro atoms. The van der Waals surface area contributed by atoms with E-state index in [4.69, 9.17) is 28.3 Å². The van der Waals surface area contributed by atoms with Crippen molar-refractivity contribution in [1.29, 1.82) is 0 Å². The quantitative estimate of drug-likeness (QED) is 0.872. The lowest BCUT2D eigenvalue weighted by Gasteiger charge is -2.09. The van der Waals surface area contributed by atoms with Crippen molar-refractivity contribution in [2.75, 3.05) is 4.72 Å². The van der Waals surface area contributed by atoms with Crippen molar-refractivity contribution in [3.05, 3.63) is 33.3 Å². The number of nitrogens with zero attached hydrogens (tertiary/aromatic N) is 2. The molecule has 0 radical (unpaired) electrons. The van der Waals surface area contributed by atoms with Gasteiger partial charge in [0, 0.05) is 0 Å². The van der Waals surface area contributed by atoms with Gasteiger partial charge in [0.15, 0.2) is 0 Å². The van der Waals surface area contributed by atoms with E-state index in [2.05, 4.69) is 14.9 Å². The van der Waals surface area contributed by atoms with Crippen LogP contribution in [-0.2, 0) is 10.0 Å². The number of carboxylic acids is 1. The van der Waals surface area contributed by atoms with Gasteiger partial charge < -0.3 is 5.11 Å². The lowest BCUT2D eigenvalue weighted by atomic mass is 10.2. The van der Waals surface area contributed by atoms with Gasteiger partial charge in [-0.25, -0.2) is 13.2 Å². The highest BCUT2D eigenvalue weighted by Gasteiger charge is 2.23. The summed E-state index contributed by atoms with van der Waals surface area (Å²) in [5, 5.41) is 15.6. The number of carboxylic acid groups (broad SMARTS) is 1. The minimum absolute atomic E-state index is 0.0351. The van der Waals surface area contributed by atoms with E-state index in [0.29, 0.717) is 0 Å². The second-order valence-electron chi connectivity index (χ2n) is 3.42. The summed E-state index contributed by atoms with van der Waals surface area (Å²) in [5.74, 6) is -1.36. The maximum atomic E-state index is 12.1. The molecule has 2 aromatic rings. The third-order valence-electron chi connectivity index (χ3n) is 2.12. The first-order valence-electron chi connectivity index (χ1n) is 4.82. The third kappa shape index (κ3) is 3.01. The normalized spacial score (nSPS) is 11.3. The minimum Gasteiger partial charge on any atom is -0.478 e. The zero-order valence-electron chi connectivity index (χ0n) is 9.37. The molecular weight excluding hydrogens is 349 g/mol. The monoisotopic (exact) mass is 353 g/mol. The first kappa shape index (κ1) is 15.0. The third-order valence-corrected chi connectivity index (χ3v) is 4.98. The van der Waals surface area contributed by atoms with Crippen molar-refractivity contribution < 1.29 is 18.3 Å². The Morgan fingerprint density at radius 3 is 2.55 bits per heavy atom. The first-order chi connectivity index (χ1) is 9.31. The number of hydrogen-bond donors (Lipinski definition) is 2. The van der Waals surface area contributed by atoms with Crippen molar-refractivity contribution >= 4 is 55.7 Å². The molecule has 0 atom stereocenters. The van der Waals surface area contributed by atoms with Crippen LogP contribution in [0.5, 0.6) is 0 Å². The molecule has 2 N–H and O–H groups in total. The number of rotatable bonds is 4. The molecule has 0 unspecified atom stereocenters. The second kappa shape index (κ2) is 5.52. The van der Waals surface area contributed by atoms with E-state index in [0.717, 1.165) is 23.5 Å². The molecule has 0 aliphatic heterocycles. The van der Waals surface area contributed by atoms with E-state index >= 15 is 0 Å². The number of halogens is 2. The molecule has 1 aromatic heterocycles. The fourth-order valence-corrected chi connectivity index (χ4v) is 3.83. The van der Waals surface area contributed by atoms with E-state index < -0.39 is 20.9 Å². The fourth-order valence-electron chi connectivity index (χ4n) is 1.29. The Morgan fingerprint density at radius 2 is 2.00 bits per heavy atom. The summed E-state index contributed by atoms with van der Waals surface area (Å²) < 4.78 is 26.4. The Bertz CT molecular complexity index is 762. The Labute approximate surface area is 127 Å². The van der Waals surface area contributed by atoms with Crippen molar-refractivity contribution in [2.24, 2.45) is 0 Å². The molecular formula is C9H5Cl2N3O4S2. The van der Waals surface area contributed by atoms with Crippen LogP contribution >= 0.6 is 34.5 Å². The topological polar surface area (TPSA) is 109 Å². The van der Waals surface area contributed by atoms with Crippen molar-refractivity contribution in [1.82, 2.24) is 10.2 Å². The number of hydrogen-bond acceptors (Lipinski definition) is 6. The number of nitrogens with one attached hydrogen (secondary N) is 1. The summed E-state index contributed by atoms with van der Waals surface area (Å²) in [6.45, 7) is 0. The van der Waals surface area contributed by atoms with Gasteiger partial charge >= 0.3 is 5.97 Å². The van der Waals surface area contributed by atoms with E-state index in [-0.39, 0.29) is 20.7 Å². The van der Waals surface area contributed by atoms with Crippen molar-refractivity contribution in [2.45, 2.75) is 4.90 Å². The average molecular weight is 354 g/mol. The van der Waals surface area contributed by atoms with Crippen LogP contribution in [0.3, 0.4) is 0 Å². The van der Waals surface area contributed by atoms with Gasteiger partial charge in [-0.1, -0.05) is 34.5 Å². The molecule has 2 rings (SSSR count). The first-order valence-corrected chi connectivity index (χ1v) is 7.94. The highest BCUT2D eigenvalue weighted by Crippen LogP contribution is 2.30. The largest absolute Gasteiger partial charge is 0.478 e. The smallest absolute Gasteiger partial charge is 0.337 e. The van der Waals surface area contributed by atoms with Gasteiger partial charge in [0.1, 0.15) is 10.4 Å². The van der Waals surface area contributed by atoms with Gasteiger partial charge in [-0.2, -0.15) is 0 Å². The van der Waals surface area contributed by atoms with Gasteiger partial charge in [0.05, 0.1) is 15.6 Å².